The van der Waals surface area contributed by atoms with E-state index in [1.54, 1.807) is 6.92 Å². The normalized spacial score (nSPS) is 22.4. The summed E-state index contributed by atoms with van der Waals surface area (Å²) in [6.07, 6.45) is -7.28. The molecular weight excluding hydrogens is 356 g/mol. The molecule has 2 heterocycles. The first kappa shape index (κ1) is 19.3. The van der Waals surface area contributed by atoms with E-state index in [4.69, 9.17) is 0 Å². The lowest BCUT2D eigenvalue weighted by atomic mass is 9.81. The number of aliphatic imine (C=N–C) groups is 2. The number of carbonyl (C=O) groups excluding carboxylic acids is 1. The maximum absolute atomic E-state index is 13.5. The molecule has 25 heavy (non-hydrogen) atoms. The largest absolute Gasteiger partial charge is 0.465 e. The predicted molar refractivity (Wildman–Crippen MR) is 76.0 cm³/mol. The summed E-state index contributed by atoms with van der Waals surface area (Å²) in [4.78, 5) is 19.3. The average Bonchev–Trinajstić information content (AvgIpc) is 2.51. The number of ether oxygens (including phenoxy) is 1. The van der Waals surface area contributed by atoms with Gasteiger partial charge in [0.25, 0.3) is 5.54 Å². The molecule has 0 fully saturated rings. The minimum atomic E-state index is -5.85. The van der Waals surface area contributed by atoms with Crippen LogP contribution in [0.25, 0.3) is 0 Å². The van der Waals surface area contributed by atoms with Gasteiger partial charge in [-0.25, -0.2) is 9.98 Å². The molecule has 140 valence electrons. The highest BCUT2D eigenvalue weighted by molar-refractivity contribution is 5.96. The number of unbranched alkanes of at least 4 members (excludes halogenated alkanes) is 1. The molecule has 2 aliphatic rings. The van der Waals surface area contributed by atoms with Crippen LogP contribution in [-0.2, 0) is 9.53 Å². The van der Waals surface area contributed by atoms with E-state index in [1.807, 2.05) is 0 Å². The van der Waals surface area contributed by atoms with E-state index >= 15 is 0 Å². The van der Waals surface area contributed by atoms with Crippen molar-refractivity contribution < 1.29 is 35.9 Å². The highest BCUT2D eigenvalue weighted by atomic mass is 19.4. The van der Waals surface area contributed by atoms with Gasteiger partial charge in [-0.3, -0.25) is 4.79 Å². The van der Waals surface area contributed by atoms with Crippen LogP contribution in [0.2, 0.25) is 0 Å². The van der Waals surface area contributed by atoms with Crippen molar-refractivity contribution in [1.82, 2.24) is 4.90 Å². The van der Waals surface area contributed by atoms with Gasteiger partial charge in [-0.1, -0.05) is 13.3 Å². The average molecular weight is 371 g/mol. The second-order valence-corrected chi connectivity index (χ2v) is 5.52. The van der Waals surface area contributed by atoms with Gasteiger partial charge < -0.3 is 9.64 Å². The van der Waals surface area contributed by atoms with E-state index in [0.29, 0.717) is 12.8 Å². The molecule has 1 atom stereocenters. The molecule has 0 aromatic rings. The first-order chi connectivity index (χ1) is 11.5. The molecule has 0 unspecified atom stereocenters. The van der Waals surface area contributed by atoms with E-state index in [0.717, 1.165) is 11.1 Å². The fraction of sp³-hybridized carbons (Fsp3) is 0.643. The van der Waals surface area contributed by atoms with Crippen molar-refractivity contribution in [3.63, 3.8) is 0 Å². The first-order valence-corrected chi connectivity index (χ1v) is 7.42. The molecule has 2 rings (SSSR count). The number of allylic oxidation sites excluding steroid dienone is 1. The third kappa shape index (κ3) is 3.36. The molecule has 11 heteroatoms. The Labute approximate surface area is 139 Å². The fourth-order valence-corrected chi connectivity index (χ4v) is 2.54. The van der Waals surface area contributed by atoms with Gasteiger partial charge in [-0.15, -0.1) is 0 Å². The van der Waals surface area contributed by atoms with Crippen LogP contribution in [0.3, 0.4) is 0 Å². The number of rotatable bonds is 4. The smallest absolute Gasteiger partial charge is 0.423 e. The van der Waals surface area contributed by atoms with E-state index < -0.39 is 42.3 Å². The summed E-state index contributed by atoms with van der Waals surface area (Å²) >= 11 is 0. The molecule has 5 nitrogen and oxygen atoms in total. The lowest BCUT2D eigenvalue weighted by Gasteiger charge is -2.44. The van der Waals surface area contributed by atoms with Crippen molar-refractivity contribution in [1.29, 1.82) is 0 Å². The number of guanidine groups is 1. The van der Waals surface area contributed by atoms with Gasteiger partial charge in [-0.2, -0.15) is 26.3 Å². The SMILES string of the molecule is CCCCOC(=O)[C@H]1CN2C=CC=NC2=NC1(C(F)(F)F)C(F)(F)F. The topological polar surface area (TPSA) is 54.3 Å². The molecule has 0 N–H and O–H groups in total. The van der Waals surface area contributed by atoms with Crippen molar-refractivity contribution in [2.75, 3.05) is 13.2 Å². The molecule has 0 bridgehead atoms. The molecule has 0 spiro atoms. The van der Waals surface area contributed by atoms with Crippen LogP contribution in [0.5, 0.6) is 0 Å². The van der Waals surface area contributed by atoms with Crippen molar-refractivity contribution >= 4 is 18.1 Å². The van der Waals surface area contributed by atoms with Crippen LogP contribution in [0.1, 0.15) is 19.8 Å². The van der Waals surface area contributed by atoms with Gasteiger partial charge >= 0.3 is 18.3 Å². The van der Waals surface area contributed by atoms with E-state index in [9.17, 15) is 31.1 Å². The summed E-state index contributed by atoms with van der Waals surface area (Å²) in [5.74, 6) is -4.94. The number of carbonyl (C=O) groups is 1. The third-order valence-electron chi connectivity index (χ3n) is 3.85. The Kier molecular flexibility index (Phi) is 5.14. The number of fused-ring (bicyclic) bond motifs is 1. The van der Waals surface area contributed by atoms with Crippen LogP contribution >= 0.6 is 0 Å². The summed E-state index contributed by atoms with van der Waals surface area (Å²) in [5.41, 5.74) is -4.60. The van der Waals surface area contributed by atoms with E-state index in [-0.39, 0.29) is 6.61 Å². The summed E-state index contributed by atoms with van der Waals surface area (Å²) < 4.78 is 85.8. The Morgan fingerprint density at radius 3 is 2.52 bits per heavy atom. The van der Waals surface area contributed by atoms with Gasteiger partial charge in [0.1, 0.15) is 5.92 Å². The third-order valence-corrected chi connectivity index (χ3v) is 3.85. The quantitative estimate of drug-likeness (QED) is 0.434. The van der Waals surface area contributed by atoms with Crippen LogP contribution < -0.4 is 0 Å². The summed E-state index contributed by atoms with van der Waals surface area (Å²) in [6, 6.07) is 0. The maximum atomic E-state index is 13.5. The fourth-order valence-electron chi connectivity index (χ4n) is 2.54. The maximum Gasteiger partial charge on any atom is 0.423 e. The van der Waals surface area contributed by atoms with Gasteiger partial charge in [0.2, 0.25) is 5.96 Å². The minimum Gasteiger partial charge on any atom is -0.465 e. The van der Waals surface area contributed by atoms with Crippen LogP contribution in [0.4, 0.5) is 26.3 Å². The second-order valence-electron chi connectivity index (χ2n) is 5.52. The van der Waals surface area contributed by atoms with E-state index in [2.05, 4.69) is 14.7 Å². The van der Waals surface area contributed by atoms with Crippen molar-refractivity contribution in [2.24, 2.45) is 15.9 Å². The Morgan fingerprint density at radius 1 is 1.32 bits per heavy atom. The van der Waals surface area contributed by atoms with Crippen molar-refractivity contribution in [3.05, 3.63) is 12.3 Å². The van der Waals surface area contributed by atoms with E-state index in [1.165, 1.54) is 12.3 Å². The summed E-state index contributed by atoms with van der Waals surface area (Å²) in [6.45, 7) is 0.579. The number of alkyl halides is 6. The molecule has 0 amide bonds. The Balaban J connectivity index is 2.53. The summed E-state index contributed by atoms with van der Waals surface area (Å²) in [7, 11) is 0. The molecule has 0 radical (unpaired) electrons. The van der Waals surface area contributed by atoms with Gasteiger partial charge in [0.15, 0.2) is 0 Å². The monoisotopic (exact) mass is 371 g/mol. The highest BCUT2D eigenvalue weighted by Gasteiger charge is 2.78. The Hall–Kier alpha value is -2.07. The highest BCUT2D eigenvalue weighted by Crippen LogP contribution is 2.53. The van der Waals surface area contributed by atoms with Crippen molar-refractivity contribution in [3.8, 4) is 0 Å². The zero-order valence-electron chi connectivity index (χ0n) is 13.1. The molecule has 2 aliphatic heterocycles. The second kappa shape index (κ2) is 6.68. The lowest BCUT2D eigenvalue weighted by molar-refractivity contribution is -0.311. The van der Waals surface area contributed by atoms with Crippen LogP contribution in [-0.4, -0.2) is 54.1 Å². The van der Waals surface area contributed by atoms with Crippen molar-refractivity contribution in [2.45, 2.75) is 37.7 Å². The summed E-state index contributed by atoms with van der Waals surface area (Å²) in [5, 5.41) is 0. The van der Waals surface area contributed by atoms with Gasteiger partial charge in [0, 0.05) is 19.0 Å². The van der Waals surface area contributed by atoms with Crippen LogP contribution in [0.15, 0.2) is 22.3 Å². The Bertz CT molecular complexity index is 595. The minimum absolute atomic E-state index is 0.262. The number of esters is 1. The number of halogens is 6. The molecule has 0 aromatic heterocycles. The molecular formula is C14H15F6N3O2. The number of nitrogens with zero attached hydrogens (tertiary/aromatic N) is 3. The standard InChI is InChI=1S/C14H15F6N3O2/c1-2-3-7-25-10(24)9-8-23-6-4-5-21-11(23)22-12(9,13(15,16)17)14(18,19)20/h4-6,9H,2-3,7-8H2,1H3/t9-/m1/s1. The molecule has 0 saturated carbocycles. The number of hydrogen-bond acceptors (Lipinski definition) is 5. The van der Waals surface area contributed by atoms with Gasteiger partial charge in [-0.05, 0) is 12.5 Å². The zero-order chi connectivity index (χ0) is 18.9. The van der Waals surface area contributed by atoms with Gasteiger partial charge in [0.05, 0.1) is 6.61 Å². The lowest BCUT2D eigenvalue weighted by Crippen LogP contribution is -2.67. The molecule has 0 aromatic carbocycles. The zero-order valence-corrected chi connectivity index (χ0v) is 13.1. The number of hydrogen-bond donors (Lipinski definition) is 0. The molecule has 0 saturated heterocycles. The van der Waals surface area contributed by atoms with Crippen LogP contribution in [0, 0.1) is 5.92 Å². The molecule has 0 aliphatic carbocycles. The Morgan fingerprint density at radius 2 is 1.96 bits per heavy atom. The predicted octanol–water partition coefficient (Wildman–Crippen LogP) is 3.08. The first-order valence-electron chi connectivity index (χ1n) is 7.42.